The highest BCUT2D eigenvalue weighted by Gasteiger charge is 2.35. The molecule has 1 N–H and O–H groups in total. The van der Waals surface area contributed by atoms with Crippen LogP contribution in [0.15, 0.2) is 30.3 Å². The number of benzene rings is 1. The van der Waals surface area contributed by atoms with Crippen molar-refractivity contribution in [3.05, 3.63) is 51.9 Å². The lowest BCUT2D eigenvalue weighted by molar-refractivity contribution is -0.137. The summed E-state index contributed by atoms with van der Waals surface area (Å²) < 4.78 is 29.3. The Kier molecular flexibility index (Phi) is 7.35. The van der Waals surface area contributed by atoms with E-state index in [0.29, 0.717) is 17.0 Å². The van der Waals surface area contributed by atoms with Gasteiger partial charge in [-0.1, -0.05) is 30.3 Å². The van der Waals surface area contributed by atoms with Gasteiger partial charge in [0.1, 0.15) is 5.00 Å². The summed E-state index contributed by atoms with van der Waals surface area (Å²) in [5.41, 5.74) is 1.77. The number of ether oxygens (including phenoxy) is 1. The normalized spacial score (nSPS) is 17.0. The summed E-state index contributed by atoms with van der Waals surface area (Å²) in [5.74, 6) is -1.55. The van der Waals surface area contributed by atoms with E-state index in [1.807, 2.05) is 37.3 Å². The second kappa shape index (κ2) is 9.83. The first-order chi connectivity index (χ1) is 15.1. The van der Waals surface area contributed by atoms with Gasteiger partial charge in [-0.25, -0.2) is 13.2 Å². The SMILES string of the molecule is CC(=O)Nc1sc(C)c(C)c1C(=O)OCC(=O)N(Cc1ccccc1)[C@@H]1CCS(=O)(=O)C1. The third-order valence-corrected chi connectivity index (χ3v) is 8.24. The van der Waals surface area contributed by atoms with Gasteiger partial charge >= 0.3 is 5.97 Å². The Balaban J connectivity index is 1.75. The standard InChI is InChI=1S/C22H26N2O6S2/c1-14-15(2)31-21(23-16(3)25)20(14)22(27)30-12-19(26)24(11-17-7-5-4-6-8-17)18-9-10-32(28,29)13-18/h4-8,18H,9-13H2,1-3H3,(H,23,25)/t18-/m1/s1. The monoisotopic (exact) mass is 478 g/mol. The molecule has 1 fully saturated rings. The molecule has 1 atom stereocenters. The van der Waals surface area contributed by atoms with Crippen molar-refractivity contribution in [3.8, 4) is 0 Å². The van der Waals surface area contributed by atoms with Crippen LogP contribution in [-0.2, 0) is 30.7 Å². The van der Waals surface area contributed by atoms with Crippen LogP contribution < -0.4 is 5.32 Å². The van der Waals surface area contributed by atoms with Crippen LogP contribution >= 0.6 is 11.3 Å². The maximum absolute atomic E-state index is 13.0. The van der Waals surface area contributed by atoms with Crippen molar-refractivity contribution in [1.82, 2.24) is 4.90 Å². The molecule has 2 aromatic rings. The van der Waals surface area contributed by atoms with Crippen molar-refractivity contribution in [2.45, 2.75) is 39.8 Å². The summed E-state index contributed by atoms with van der Waals surface area (Å²) in [7, 11) is -3.20. The third-order valence-electron chi connectivity index (χ3n) is 5.37. The minimum absolute atomic E-state index is 0.0312. The van der Waals surface area contributed by atoms with Crippen LogP contribution in [0.3, 0.4) is 0 Å². The molecule has 2 heterocycles. The molecule has 10 heteroatoms. The number of carbonyl (C=O) groups excluding carboxylic acids is 3. The molecular weight excluding hydrogens is 452 g/mol. The Bertz CT molecular complexity index is 1120. The number of hydrogen-bond donors (Lipinski definition) is 1. The van der Waals surface area contributed by atoms with Crippen molar-refractivity contribution >= 4 is 44.0 Å². The minimum atomic E-state index is -3.20. The summed E-state index contributed by atoms with van der Waals surface area (Å²) in [5, 5.41) is 3.01. The number of rotatable bonds is 7. The summed E-state index contributed by atoms with van der Waals surface area (Å²) in [6.45, 7) is 4.64. The van der Waals surface area contributed by atoms with Crippen LogP contribution in [0.4, 0.5) is 5.00 Å². The molecule has 1 saturated heterocycles. The van der Waals surface area contributed by atoms with Gasteiger partial charge in [-0.3, -0.25) is 9.59 Å². The van der Waals surface area contributed by atoms with Gasteiger partial charge in [0, 0.05) is 24.4 Å². The zero-order valence-electron chi connectivity index (χ0n) is 18.2. The summed E-state index contributed by atoms with van der Waals surface area (Å²) in [4.78, 5) is 39.6. The lowest BCUT2D eigenvalue weighted by Crippen LogP contribution is -2.42. The van der Waals surface area contributed by atoms with Crippen LogP contribution in [0.2, 0.25) is 0 Å². The van der Waals surface area contributed by atoms with E-state index < -0.39 is 34.4 Å². The summed E-state index contributed by atoms with van der Waals surface area (Å²) in [6.07, 6.45) is 0.352. The highest BCUT2D eigenvalue weighted by molar-refractivity contribution is 7.91. The number of carbonyl (C=O) groups is 3. The number of sulfone groups is 1. The number of thiophene rings is 1. The average Bonchev–Trinajstić information content (AvgIpc) is 3.22. The molecule has 2 amide bonds. The fourth-order valence-corrected chi connectivity index (χ4v) is 6.45. The predicted molar refractivity (Wildman–Crippen MR) is 122 cm³/mol. The quantitative estimate of drug-likeness (QED) is 0.613. The van der Waals surface area contributed by atoms with Crippen molar-refractivity contribution in [1.29, 1.82) is 0 Å². The Morgan fingerprint density at radius 3 is 2.47 bits per heavy atom. The highest BCUT2D eigenvalue weighted by atomic mass is 32.2. The largest absolute Gasteiger partial charge is 0.452 e. The van der Waals surface area contributed by atoms with Crippen molar-refractivity contribution in [2.75, 3.05) is 23.4 Å². The van der Waals surface area contributed by atoms with Crippen LogP contribution in [0.25, 0.3) is 0 Å². The number of amides is 2. The molecule has 1 aliphatic rings. The van der Waals surface area contributed by atoms with E-state index in [9.17, 15) is 22.8 Å². The Hall–Kier alpha value is -2.72. The van der Waals surface area contributed by atoms with Crippen LogP contribution in [0.5, 0.6) is 0 Å². The summed E-state index contributed by atoms with van der Waals surface area (Å²) >= 11 is 1.27. The van der Waals surface area contributed by atoms with Crippen LogP contribution in [0.1, 0.15) is 39.7 Å². The zero-order chi connectivity index (χ0) is 23.5. The van der Waals surface area contributed by atoms with Crippen molar-refractivity contribution < 1.29 is 27.5 Å². The zero-order valence-corrected chi connectivity index (χ0v) is 19.8. The molecular formula is C22H26N2O6S2. The van der Waals surface area contributed by atoms with E-state index in [2.05, 4.69) is 5.32 Å². The van der Waals surface area contributed by atoms with Crippen molar-refractivity contribution in [3.63, 3.8) is 0 Å². The first-order valence-corrected chi connectivity index (χ1v) is 12.8. The second-order valence-electron chi connectivity index (χ2n) is 7.81. The average molecular weight is 479 g/mol. The van der Waals surface area contributed by atoms with Gasteiger partial charge in [-0.2, -0.15) is 0 Å². The van der Waals surface area contributed by atoms with E-state index >= 15 is 0 Å². The van der Waals surface area contributed by atoms with Crippen LogP contribution in [-0.4, -0.2) is 55.3 Å². The fourth-order valence-electron chi connectivity index (χ4n) is 3.63. The number of nitrogens with one attached hydrogen (secondary N) is 1. The fraction of sp³-hybridized carbons (Fsp3) is 0.409. The molecule has 8 nitrogen and oxygen atoms in total. The molecule has 0 radical (unpaired) electrons. The lowest BCUT2D eigenvalue weighted by atomic mass is 10.1. The maximum Gasteiger partial charge on any atom is 0.341 e. The molecule has 0 unspecified atom stereocenters. The molecule has 3 rings (SSSR count). The van der Waals surface area contributed by atoms with E-state index in [1.54, 1.807) is 6.92 Å². The van der Waals surface area contributed by atoms with Crippen molar-refractivity contribution in [2.24, 2.45) is 0 Å². The van der Waals surface area contributed by atoms with E-state index in [0.717, 1.165) is 10.4 Å². The number of anilines is 1. The lowest BCUT2D eigenvalue weighted by Gasteiger charge is -2.28. The minimum Gasteiger partial charge on any atom is -0.452 e. The Morgan fingerprint density at radius 1 is 1.19 bits per heavy atom. The van der Waals surface area contributed by atoms with Crippen LogP contribution in [0, 0.1) is 13.8 Å². The number of esters is 1. The Labute approximate surface area is 191 Å². The van der Waals surface area contributed by atoms with Gasteiger partial charge in [-0.05, 0) is 31.4 Å². The van der Waals surface area contributed by atoms with E-state index in [-0.39, 0.29) is 29.5 Å². The van der Waals surface area contributed by atoms with Gasteiger partial charge < -0.3 is 15.0 Å². The Morgan fingerprint density at radius 2 is 1.88 bits per heavy atom. The first kappa shape index (κ1) is 23.9. The molecule has 172 valence electrons. The van der Waals surface area contributed by atoms with Gasteiger partial charge in [0.2, 0.25) is 5.91 Å². The topological polar surface area (TPSA) is 110 Å². The molecule has 32 heavy (non-hydrogen) atoms. The van der Waals surface area contributed by atoms with E-state index in [1.165, 1.54) is 23.2 Å². The molecule has 1 aromatic heterocycles. The molecule has 1 aromatic carbocycles. The third kappa shape index (κ3) is 5.74. The highest BCUT2D eigenvalue weighted by Crippen LogP contribution is 2.33. The van der Waals surface area contributed by atoms with E-state index in [4.69, 9.17) is 4.74 Å². The molecule has 0 bridgehead atoms. The predicted octanol–water partition coefficient (Wildman–Crippen LogP) is 2.70. The van der Waals surface area contributed by atoms with Gasteiger partial charge in [0.25, 0.3) is 5.91 Å². The second-order valence-corrected chi connectivity index (χ2v) is 11.3. The van der Waals surface area contributed by atoms with Gasteiger partial charge in [0.05, 0.1) is 17.1 Å². The number of aryl methyl sites for hydroxylation is 1. The molecule has 0 aliphatic carbocycles. The molecule has 0 spiro atoms. The number of hydrogen-bond acceptors (Lipinski definition) is 7. The van der Waals surface area contributed by atoms with Gasteiger partial charge in [-0.15, -0.1) is 11.3 Å². The van der Waals surface area contributed by atoms with Gasteiger partial charge in [0.15, 0.2) is 16.4 Å². The number of nitrogens with zero attached hydrogens (tertiary/aromatic N) is 1. The smallest absolute Gasteiger partial charge is 0.341 e. The molecule has 1 aliphatic heterocycles. The molecule has 0 saturated carbocycles. The maximum atomic E-state index is 13.0. The first-order valence-electron chi connectivity index (χ1n) is 10.2. The summed E-state index contributed by atoms with van der Waals surface area (Å²) in [6, 6.07) is 8.78.